The van der Waals surface area contributed by atoms with Gasteiger partial charge in [0, 0.05) is 21.4 Å². The van der Waals surface area contributed by atoms with Crippen LogP contribution in [0.4, 0.5) is 10.4 Å². The average Bonchev–Trinajstić information content (AvgIpc) is 3.09. The summed E-state index contributed by atoms with van der Waals surface area (Å²) in [5.41, 5.74) is 0.767. The third kappa shape index (κ3) is 5.40. The van der Waals surface area contributed by atoms with Crippen molar-refractivity contribution in [3.05, 3.63) is 58.8 Å². The Kier molecular flexibility index (Phi) is 6.40. The number of benzene rings is 2. The zero-order valence-electron chi connectivity index (χ0n) is 13.6. The number of carbonyl (C=O) groups excluding carboxylic acids is 1. The second kappa shape index (κ2) is 8.95. The van der Waals surface area contributed by atoms with E-state index in [9.17, 15) is 9.18 Å². The topological polar surface area (TPSA) is 68.0 Å². The lowest BCUT2D eigenvalue weighted by Crippen LogP contribution is -2.11. The van der Waals surface area contributed by atoms with Crippen LogP contribution in [0.25, 0.3) is 11.5 Å². The van der Waals surface area contributed by atoms with Gasteiger partial charge in [0.25, 0.3) is 0 Å². The first-order chi connectivity index (χ1) is 12.6. The summed E-state index contributed by atoms with van der Waals surface area (Å²) >= 11 is 4.96. The molecule has 8 heteroatoms. The Balaban J connectivity index is 1.44. The molecule has 0 bridgehead atoms. The lowest BCUT2D eigenvalue weighted by atomic mass is 10.2. The number of anilines is 1. The molecule has 3 aromatic rings. The minimum Gasteiger partial charge on any atom is -0.403 e. The third-order valence-corrected chi connectivity index (χ3v) is 4.97. The van der Waals surface area contributed by atoms with Gasteiger partial charge in [-0.2, -0.15) is 0 Å². The van der Waals surface area contributed by atoms with Gasteiger partial charge in [-0.25, -0.2) is 4.39 Å². The molecule has 26 heavy (non-hydrogen) atoms. The van der Waals surface area contributed by atoms with Crippen LogP contribution >= 0.6 is 27.7 Å². The van der Waals surface area contributed by atoms with Gasteiger partial charge in [-0.05, 0) is 54.6 Å². The van der Waals surface area contributed by atoms with Gasteiger partial charge in [-0.1, -0.05) is 27.1 Å². The van der Waals surface area contributed by atoms with Crippen molar-refractivity contribution in [3.63, 3.8) is 0 Å². The number of halogens is 2. The van der Waals surface area contributed by atoms with E-state index in [1.807, 2.05) is 24.3 Å². The first-order valence-electron chi connectivity index (χ1n) is 7.88. The predicted molar refractivity (Wildman–Crippen MR) is 102 cm³/mol. The van der Waals surface area contributed by atoms with E-state index in [0.717, 1.165) is 20.7 Å². The van der Waals surface area contributed by atoms with Crippen LogP contribution in [0, 0.1) is 5.82 Å². The second-order valence-corrected chi connectivity index (χ2v) is 7.46. The van der Waals surface area contributed by atoms with Crippen LogP contribution in [-0.2, 0) is 4.79 Å². The number of hydrogen-bond donors (Lipinski definition) is 1. The van der Waals surface area contributed by atoms with Gasteiger partial charge in [0.2, 0.25) is 11.8 Å². The maximum absolute atomic E-state index is 12.8. The molecule has 0 aliphatic carbocycles. The number of carbonyl (C=O) groups is 1. The molecule has 2 aromatic carbocycles. The van der Waals surface area contributed by atoms with E-state index < -0.39 is 0 Å². The first-order valence-corrected chi connectivity index (χ1v) is 9.66. The summed E-state index contributed by atoms with van der Waals surface area (Å²) in [5, 5.41) is 10.4. The quantitative estimate of drug-likeness (QED) is 0.410. The summed E-state index contributed by atoms with van der Waals surface area (Å²) in [6.07, 6.45) is 1.02. The zero-order valence-corrected chi connectivity index (χ0v) is 16.0. The molecule has 1 amide bonds. The van der Waals surface area contributed by atoms with Crippen molar-refractivity contribution >= 4 is 39.6 Å². The number of rotatable bonds is 7. The van der Waals surface area contributed by atoms with Crippen molar-refractivity contribution in [2.24, 2.45) is 0 Å². The number of thioether (sulfide) groups is 1. The standard InChI is InChI=1S/C18H15BrFN3O2S/c19-13-4-1-3-12(11-13)17-22-23-18(25-17)21-16(24)5-2-10-26-15-8-6-14(20)7-9-15/h1,3-4,6-9,11H,2,5,10H2,(H,21,23,24). The van der Waals surface area contributed by atoms with E-state index in [1.165, 1.54) is 12.1 Å². The number of nitrogens with one attached hydrogen (secondary N) is 1. The molecule has 0 saturated heterocycles. The molecule has 0 aliphatic rings. The van der Waals surface area contributed by atoms with Crippen LogP contribution in [-0.4, -0.2) is 21.9 Å². The Morgan fingerprint density at radius 3 is 2.77 bits per heavy atom. The average molecular weight is 436 g/mol. The highest BCUT2D eigenvalue weighted by Gasteiger charge is 2.11. The Morgan fingerprint density at radius 2 is 2.00 bits per heavy atom. The van der Waals surface area contributed by atoms with Crippen molar-refractivity contribution < 1.29 is 13.6 Å². The molecule has 0 aliphatic heterocycles. The molecule has 1 heterocycles. The molecule has 0 fully saturated rings. The van der Waals surface area contributed by atoms with Crippen molar-refractivity contribution in [2.45, 2.75) is 17.7 Å². The summed E-state index contributed by atoms with van der Waals surface area (Å²) in [6, 6.07) is 13.8. The zero-order chi connectivity index (χ0) is 18.4. The van der Waals surface area contributed by atoms with Gasteiger partial charge in [-0.15, -0.1) is 16.9 Å². The van der Waals surface area contributed by atoms with E-state index in [2.05, 4.69) is 31.4 Å². The fourth-order valence-corrected chi connectivity index (χ4v) is 3.40. The van der Waals surface area contributed by atoms with E-state index in [-0.39, 0.29) is 17.7 Å². The van der Waals surface area contributed by atoms with Crippen LogP contribution in [0.3, 0.4) is 0 Å². The number of nitrogens with zero attached hydrogens (tertiary/aromatic N) is 2. The van der Waals surface area contributed by atoms with Gasteiger partial charge in [0.05, 0.1) is 0 Å². The molecule has 1 aromatic heterocycles. The predicted octanol–water partition coefficient (Wildman–Crippen LogP) is 5.15. The second-order valence-electron chi connectivity index (χ2n) is 5.38. The van der Waals surface area contributed by atoms with E-state index in [1.54, 1.807) is 23.9 Å². The molecule has 5 nitrogen and oxygen atoms in total. The highest BCUT2D eigenvalue weighted by atomic mass is 79.9. The number of hydrogen-bond acceptors (Lipinski definition) is 5. The van der Waals surface area contributed by atoms with Crippen LogP contribution in [0.5, 0.6) is 0 Å². The molecule has 0 atom stereocenters. The molecule has 3 rings (SSSR count). The third-order valence-electron chi connectivity index (χ3n) is 3.37. The molecule has 0 saturated carbocycles. The summed E-state index contributed by atoms with van der Waals surface area (Å²) < 4.78 is 19.2. The van der Waals surface area contributed by atoms with Gasteiger partial charge in [-0.3, -0.25) is 10.1 Å². The summed E-state index contributed by atoms with van der Waals surface area (Å²) in [5.74, 6) is 0.657. The fourth-order valence-electron chi connectivity index (χ4n) is 2.15. The maximum Gasteiger partial charge on any atom is 0.322 e. The highest BCUT2D eigenvalue weighted by Crippen LogP contribution is 2.23. The van der Waals surface area contributed by atoms with E-state index in [0.29, 0.717) is 18.7 Å². The summed E-state index contributed by atoms with van der Waals surface area (Å²) in [7, 11) is 0. The lowest BCUT2D eigenvalue weighted by molar-refractivity contribution is -0.116. The number of aromatic nitrogens is 2. The Labute approximate surface area is 162 Å². The highest BCUT2D eigenvalue weighted by molar-refractivity contribution is 9.10. The Bertz CT molecular complexity index is 886. The lowest BCUT2D eigenvalue weighted by Gasteiger charge is -2.02. The molecular formula is C18H15BrFN3O2S. The van der Waals surface area contributed by atoms with Crippen molar-refractivity contribution in [1.82, 2.24) is 10.2 Å². The minimum absolute atomic E-state index is 0.0798. The summed E-state index contributed by atoms with van der Waals surface area (Å²) in [4.78, 5) is 12.9. The molecular weight excluding hydrogens is 421 g/mol. The van der Waals surface area contributed by atoms with E-state index >= 15 is 0 Å². The fraction of sp³-hybridized carbons (Fsp3) is 0.167. The number of amides is 1. The Morgan fingerprint density at radius 1 is 1.19 bits per heavy atom. The van der Waals surface area contributed by atoms with Crippen molar-refractivity contribution in [1.29, 1.82) is 0 Å². The van der Waals surface area contributed by atoms with Crippen LogP contribution in [0.2, 0.25) is 0 Å². The molecule has 134 valence electrons. The van der Waals surface area contributed by atoms with Crippen LogP contribution in [0.15, 0.2) is 62.3 Å². The minimum atomic E-state index is -0.254. The summed E-state index contributed by atoms with van der Waals surface area (Å²) in [6.45, 7) is 0. The van der Waals surface area contributed by atoms with Gasteiger partial charge < -0.3 is 4.42 Å². The van der Waals surface area contributed by atoms with Crippen LogP contribution < -0.4 is 5.32 Å². The van der Waals surface area contributed by atoms with Crippen molar-refractivity contribution in [2.75, 3.05) is 11.1 Å². The maximum atomic E-state index is 12.8. The Hall–Kier alpha value is -2.19. The van der Waals surface area contributed by atoms with Gasteiger partial charge >= 0.3 is 6.01 Å². The monoisotopic (exact) mass is 435 g/mol. The van der Waals surface area contributed by atoms with Gasteiger partial charge in [0.15, 0.2) is 0 Å². The molecule has 0 unspecified atom stereocenters. The van der Waals surface area contributed by atoms with Crippen molar-refractivity contribution in [3.8, 4) is 11.5 Å². The van der Waals surface area contributed by atoms with Gasteiger partial charge in [0.1, 0.15) is 5.82 Å². The SMILES string of the molecule is O=C(CCCSc1ccc(F)cc1)Nc1nnc(-c2cccc(Br)c2)o1. The first kappa shape index (κ1) is 18.6. The normalized spacial score (nSPS) is 10.7. The molecule has 0 radical (unpaired) electrons. The van der Waals surface area contributed by atoms with Crippen LogP contribution in [0.1, 0.15) is 12.8 Å². The molecule has 1 N–H and O–H groups in total. The molecule has 0 spiro atoms. The largest absolute Gasteiger partial charge is 0.403 e. The smallest absolute Gasteiger partial charge is 0.322 e. The van der Waals surface area contributed by atoms with E-state index in [4.69, 9.17) is 4.42 Å².